The van der Waals surface area contributed by atoms with Crippen LogP contribution in [0.5, 0.6) is 0 Å². The molecular weight excluding hydrogens is 1030 g/mol. The van der Waals surface area contributed by atoms with Crippen LogP contribution in [0.15, 0.2) is 121 Å². The summed E-state index contributed by atoms with van der Waals surface area (Å²) in [6.45, 7) is -2.30. The van der Waals surface area contributed by atoms with Gasteiger partial charge in [-0.15, -0.1) is 0 Å². The molecule has 2 aliphatic rings. The quantitative estimate of drug-likeness (QED) is 0.0677. The lowest BCUT2D eigenvalue weighted by atomic mass is 10.0. The maximum atomic E-state index is 13.0. The number of H-pyrrole nitrogens is 2. The van der Waals surface area contributed by atoms with Crippen molar-refractivity contribution in [1.29, 1.82) is 0 Å². The van der Waals surface area contributed by atoms with E-state index >= 15 is 0 Å². The number of esters is 8. The number of carbonyl (C=O) groups is 8. The van der Waals surface area contributed by atoms with Crippen LogP contribution in [0, 0.1) is 0 Å². The Kier molecular flexibility index (Phi) is 16.3. The highest BCUT2D eigenvalue weighted by Gasteiger charge is 2.22. The van der Waals surface area contributed by atoms with Crippen molar-refractivity contribution < 1.29 is 76.3 Å². The zero-order valence-corrected chi connectivity index (χ0v) is 43.1. The van der Waals surface area contributed by atoms with E-state index in [1.165, 1.54) is 28.4 Å². The average molecular weight is 1080 g/mol. The smallest absolute Gasteiger partial charge is 0.344 e. The van der Waals surface area contributed by atoms with E-state index in [0.717, 1.165) is 0 Å². The van der Waals surface area contributed by atoms with Gasteiger partial charge in [0.05, 0.1) is 73.5 Å². The van der Waals surface area contributed by atoms with Crippen molar-refractivity contribution in [2.75, 3.05) is 54.9 Å². The Bertz CT molecular complexity index is 3360. The second kappa shape index (κ2) is 24.1. The molecule has 9 rings (SSSR count). The molecule has 0 fully saturated rings. The van der Waals surface area contributed by atoms with E-state index in [2.05, 4.69) is 28.9 Å². The van der Waals surface area contributed by atoms with Gasteiger partial charge in [0.2, 0.25) is 0 Å². The van der Waals surface area contributed by atoms with Gasteiger partial charge in [0, 0.05) is 44.3 Å². The summed E-state index contributed by atoms with van der Waals surface area (Å²) in [5.74, 6) is -5.86. The number of nitrogens with zero attached hydrogens (tertiary/aromatic N) is 2. The molecule has 3 aromatic heterocycles. The minimum atomic E-state index is -0.744. The summed E-state index contributed by atoms with van der Waals surface area (Å²) in [6.07, 6.45) is 7.36. The van der Waals surface area contributed by atoms with E-state index in [0.29, 0.717) is 89.4 Å². The number of hydrogen-bond acceptors (Lipinski definition) is 18. The molecule has 20 heteroatoms. The standard InChI is InChI=1S/C60H46N4O16/c1-73-49(65)29-77-57(69)37-13-5-33(6-14-37)53-41-21-23-43(61-41)54(34-7-15-38(16-8-34)58(70)78-30-50(66)74-2)45-25-27-47(63-45)56(36-11-19-40(20-12-36)60(72)80-32-52(68)76-4)48-28-26-46(64-48)55(44-24-22-42(53)62-44)35-9-17-39(18-10-35)59(71)79-31-51(67)75-3/h5-28,61,64H,29-32H2,1-4H3. The van der Waals surface area contributed by atoms with Gasteiger partial charge in [-0.3, -0.25) is 0 Å². The van der Waals surface area contributed by atoms with E-state index in [9.17, 15) is 38.4 Å². The highest BCUT2D eigenvalue weighted by molar-refractivity contribution is 6.02. The number of benzene rings is 4. The van der Waals surface area contributed by atoms with E-state index in [1.54, 1.807) is 97.1 Å². The second-order valence-corrected chi connectivity index (χ2v) is 17.4. The number of methoxy groups -OCH3 is 4. The fourth-order valence-electron chi connectivity index (χ4n) is 8.58. The number of hydrogen-bond donors (Lipinski definition) is 2. The van der Waals surface area contributed by atoms with Gasteiger partial charge in [-0.2, -0.15) is 0 Å². The first-order chi connectivity index (χ1) is 38.7. The molecule has 2 aliphatic heterocycles. The molecule has 80 heavy (non-hydrogen) atoms. The van der Waals surface area contributed by atoms with Crippen LogP contribution in [0.3, 0.4) is 0 Å². The van der Waals surface area contributed by atoms with Gasteiger partial charge in [-0.1, -0.05) is 48.5 Å². The van der Waals surface area contributed by atoms with Crippen molar-refractivity contribution >= 4 is 94.1 Å². The predicted octanol–water partition coefficient (Wildman–Crippen LogP) is 8.64. The monoisotopic (exact) mass is 1080 g/mol. The maximum absolute atomic E-state index is 13.0. The number of fused-ring (bicyclic) bond motifs is 8. The van der Waals surface area contributed by atoms with Gasteiger partial charge in [0.15, 0.2) is 26.4 Å². The molecule has 0 radical (unpaired) electrons. The SMILES string of the molecule is COC(=O)COC(=O)c1ccc(-c2c3nc(c(-c4ccc(C(=O)OCC(=O)OC)cc4)c4ccc([nH]4)c(-c4ccc(C(=O)OCC(=O)OC)cc4)c4nc(c(-c5ccc(C(=O)OCC(=O)OC)cc5)c5ccc2[nH]5)C=C4)C=C3)cc1. The van der Waals surface area contributed by atoms with Crippen molar-refractivity contribution in [3.8, 4) is 44.5 Å². The Morgan fingerprint density at radius 1 is 0.312 bits per heavy atom. The molecule has 402 valence electrons. The van der Waals surface area contributed by atoms with Crippen molar-refractivity contribution in [2.24, 2.45) is 0 Å². The van der Waals surface area contributed by atoms with Crippen molar-refractivity contribution in [3.05, 3.63) is 166 Å². The summed E-state index contributed by atoms with van der Waals surface area (Å²) in [5, 5.41) is 0. The molecule has 5 heterocycles. The third-order valence-corrected chi connectivity index (χ3v) is 12.6. The Balaban J connectivity index is 1.29. The Morgan fingerprint density at radius 2 is 0.512 bits per heavy atom. The molecule has 8 bridgehead atoms. The third-order valence-electron chi connectivity index (χ3n) is 12.6. The van der Waals surface area contributed by atoms with E-state index in [4.69, 9.17) is 28.9 Å². The molecule has 0 saturated carbocycles. The molecule has 0 saturated heterocycles. The lowest BCUT2D eigenvalue weighted by molar-refractivity contribution is -0.144. The fraction of sp³-hybridized carbons (Fsp3) is 0.133. The van der Waals surface area contributed by atoms with Crippen LogP contribution in [0.1, 0.15) is 64.2 Å². The number of rotatable bonds is 16. The summed E-state index contributed by atoms with van der Waals surface area (Å²) < 4.78 is 39.1. The summed E-state index contributed by atoms with van der Waals surface area (Å²) in [5.41, 5.74) is 9.91. The molecule has 0 aliphatic carbocycles. The van der Waals surface area contributed by atoms with Crippen LogP contribution in [0.2, 0.25) is 0 Å². The first kappa shape index (κ1) is 54.0. The van der Waals surface area contributed by atoms with Crippen LogP contribution in [-0.2, 0) is 57.1 Å². The number of carbonyl (C=O) groups excluding carboxylic acids is 8. The topological polar surface area (TPSA) is 268 Å². The first-order valence-electron chi connectivity index (χ1n) is 24.3. The van der Waals surface area contributed by atoms with Gasteiger partial charge < -0.3 is 47.9 Å². The molecule has 20 nitrogen and oxygen atoms in total. The lowest BCUT2D eigenvalue weighted by Crippen LogP contribution is -2.15. The molecule has 0 unspecified atom stereocenters. The van der Waals surface area contributed by atoms with Gasteiger partial charge in [0.1, 0.15) is 0 Å². The Morgan fingerprint density at radius 3 is 0.700 bits per heavy atom. The van der Waals surface area contributed by atoms with Gasteiger partial charge in [0.25, 0.3) is 0 Å². The zero-order valence-electron chi connectivity index (χ0n) is 43.1. The third kappa shape index (κ3) is 11.9. The number of aromatic amines is 2. The van der Waals surface area contributed by atoms with Crippen molar-refractivity contribution in [2.45, 2.75) is 0 Å². The molecule has 7 aromatic rings. The molecule has 0 spiro atoms. The van der Waals surface area contributed by atoms with Crippen molar-refractivity contribution in [3.63, 3.8) is 0 Å². The normalized spacial score (nSPS) is 11.2. The van der Waals surface area contributed by atoms with Gasteiger partial charge >= 0.3 is 47.8 Å². The summed E-state index contributed by atoms with van der Waals surface area (Å²) in [4.78, 5) is 117. The fourth-order valence-corrected chi connectivity index (χ4v) is 8.58. The highest BCUT2D eigenvalue weighted by Crippen LogP contribution is 2.39. The average Bonchev–Trinajstić information content (AvgIpc) is 4.44. The van der Waals surface area contributed by atoms with Crippen LogP contribution in [0.25, 0.3) is 90.9 Å². The van der Waals surface area contributed by atoms with E-state index in [1.807, 2.05) is 48.6 Å². The van der Waals surface area contributed by atoms with Crippen molar-refractivity contribution in [1.82, 2.24) is 19.9 Å². The molecule has 0 atom stereocenters. The summed E-state index contributed by atoms with van der Waals surface area (Å²) in [7, 11) is 4.74. The second-order valence-electron chi connectivity index (χ2n) is 17.4. The summed E-state index contributed by atoms with van der Waals surface area (Å²) in [6, 6.07) is 33.8. The number of ether oxygens (including phenoxy) is 8. The zero-order chi connectivity index (χ0) is 56.5. The largest absolute Gasteiger partial charge is 0.466 e. The molecule has 0 amide bonds. The Labute approximate surface area is 454 Å². The molecular formula is C60H46N4O16. The maximum Gasteiger partial charge on any atom is 0.344 e. The lowest BCUT2D eigenvalue weighted by Gasteiger charge is -2.09. The summed E-state index contributed by atoms with van der Waals surface area (Å²) >= 11 is 0. The van der Waals surface area contributed by atoms with Gasteiger partial charge in [-0.05, 0) is 119 Å². The molecule has 2 N–H and O–H groups in total. The predicted molar refractivity (Wildman–Crippen MR) is 290 cm³/mol. The van der Waals surface area contributed by atoms with Crippen LogP contribution in [0.4, 0.5) is 0 Å². The number of aromatic nitrogens is 4. The van der Waals surface area contributed by atoms with Crippen LogP contribution in [-0.4, -0.2) is 123 Å². The van der Waals surface area contributed by atoms with Crippen LogP contribution < -0.4 is 0 Å². The first-order valence-corrected chi connectivity index (χ1v) is 24.3. The highest BCUT2D eigenvalue weighted by atomic mass is 16.6. The Hall–Kier alpha value is -10.8. The van der Waals surface area contributed by atoms with Crippen LogP contribution >= 0.6 is 0 Å². The minimum absolute atomic E-state index is 0.169. The van der Waals surface area contributed by atoms with E-state index < -0.39 is 74.2 Å². The minimum Gasteiger partial charge on any atom is -0.466 e. The van der Waals surface area contributed by atoms with E-state index in [-0.39, 0.29) is 22.3 Å². The number of nitrogens with one attached hydrogen (secondary N) is 2. The molecule has 4 aromatic carbocycles. The van der Waals surface area contributed by atoms with Gasteiger partial charge in [-0.25, -0.2) is 48.3 Å².